The number of carbonyl (C=O) groups is 1. The van der Waals surface area contributed by atoms with Crippen LogP contribution in [-0.4, -0.2) is 20.0 Å². The predicted molar refractivity (Wildman–Crippen MR) is 80.3 cm³/mol. The first kappa shape index (κ1) is 16.0. The summed E-state index contributed by atoms with van der Waals surface area (Å²) < 4.78 is 11.2. The third kappa shape index (κ3) is 4.23. The van der Waals surface area contributed by atoms with Gasteiger partial charge in [-0.15, -0.1) is 0 Å². The van der Waals surface area contributed by atoms with Gasteiger partial charge in [0.15, 0.2) is 5.78 Å². The van der Waals surface area contributed by atoms with Gasteiger partial charge in [0.1, 0.15) is 16.0 Å². The molecular formula is C15H21BrO3. The molecule has 0 aromatic heterocycles. The Morgan fingerprint density at radius 3 is 2.47 bits per heavy atom. The minimum Gasteiger partial charge on any atom is -0.495 e. The molecule has 0 aliphatic rings. The fourth-order valence-electron chi connectivity index (χ4n) is 1.96. The summed E-state index contributed by atoms with van der Waals surface area (Å²) in [6.45, 7) is 2.16. The van der Waals surface area contributed by atoms with Crippen molar-refractivity contribution in [1.29, 1.82) is 0 Å². The molecule has 1 aromatic rings. The van der Waals surface area contributed by atoms with Crippen molar-refractivity contribution in [2.24, 2.45) is 0 Å². The second kappa shape index (κ2) is 8.20. The number of rotatable bonds is 8. The largest absolute Gasteiger partial charge is 0.495 e. The molecular weight excluding hydrogens is 308 g/mol. The van der Waals surface area contributed by atoms with E-state index in [1.165, 1.54) is 12.8 Å². The van der Waals surface area contributed by atoms with Gasteiger partial charge in [-0.3, -0.25) is 4.79 Å². The van der Waals surface area contributed by atoms with Crippen molar-refractivity contribution in [3.63, 3.8) is 0 Å². The van der Waals surface area contributed by atoms with E-state index >= 15 is 0 Å². The highest BCUT2D eigenvalue weighted by atomic mass is 79.9. The van der Waals surface area contributed by atoms with Gasteiger partial charge in [-0.25, -0.2) is 0 Å². The van der Waals surface area contributed by atoms with Crippen LogP contribution in [0.2, 0.25) is 0 Å². The van der Waals surface area contributed by atoms with Gasteiger partial charge in [-0.1, -0.05) is 26.2 Å². The molecule has 0 heterocycles. The summed E-state index contributed by atoms with van der Waals surface area (Å²) in [5, 5.41) is 0. The molecule has 0 aliphatic heterocycles. The first-order valence-electron chi connectivity index (χ1n) is 6.59. The maximum Gasteiger partial charge on any atom is 0.166 e. The number of benzene rings is 1. The number of carbonyl (C=O) groups excluding carboxylic acids is 1. The lowest BCUT2D eigenvalue weighted by molar-refractivity contribution is 0.0976. The normalized spacial score (nSPS) is 10.3. The van der Waals surface area contributed by atoms with E-state index in [-0.39, 0.29) is 5.78 Å². The maximum absolute atomic E-state index is 12.2. The Kier molecular flexibility index (Phi) is 6.92. The molecule has 0 fully saturated rings. The van der Waals surface area contributed by atoms with Gasteiger partial charge in [-0.2, -0.15) is 0 Å². The van der Waals surface area contributed by atoms with Gasteiger partial charge < -0.3 is 9.47 Å². The van der Waals surface area contributed by atoms with Crippen LogP contribution < -0.4 is 9.47 Å². The highest BCUT2D eigenvalue weighted by Gasteiger charge is 2.17. The Morgan fingerprint density at radius 2 is 1.89 bits per heavy atom. The third-order valence-corrected chi connectivity index (χ3v) is 3.79. The zero-order chi connectivity index (χ0) is 14.3. The number of unbranched alkanes of at least 4 members (excludes halogenated alkanes) is 3. The quantitative estimate of drug-likeness (QED) is 0.516. The Balaban J connectivity index is 2.82. The van der Waals surface area contributed by atoms with Crippen LogP contribution in [0.1, 0.15) is 49.4 Å². The Morgan fingerprint density at radius 1 is 1.16 bits per heavy atom. The molecule has 0 radical (unpaired) electrons. The van der Waals surface area contributed by atoms with E-state index in [0.29, 0.717) is 28.0 Å². The molecule has 0 saturated carbocycles. The van der Waals surface area contributed by atoms with Gasteiger partial charge >= 0.3 is 0 Å². The van der Waals surface area contributed by atoms with Crippen LogP contribution in [0.15, 0.2) is 16.6 Å². The summed E-state index contributed by atoms with van der Waals surface area (Å²) >= 11 is 3.41. The molecule has 0 bridgehead atoms. The van der Waals surface area contributed by atoms with E-state index in [2.05, 4.69) is 22.9 Å². The predicted octanol–water partition coefficient (Wildman–Crippen LogP) is 4.62. The molecule has 0 aliphatic carbocycles. The lowest BCUT2D eigenvalue weighted by Gasteiger charge is -2.12. The average molecular weight is 329 g/mol. The number of ketones is 1. The van der Waals surface area contributed by atoms with Crippen molar-refractivity contribution in [1.82, 2.24) is 0 Å². The van der Waals surface area contributed by atoms with Crippen molar-refractivity contribution in [3.8, 4) is 11.5 Å². The van der Waals surface area contributed by atoms with Crippen molar-refractivity contribution >= 4 is 21.7 Å². The minimum atomic E-state index is 0.122. The van der Waals surface area contributed by atoms with E-state index in [0.717, 1.165) is 12.8 Å². The molecule has 3 nitrogen and oxygen atoms in total. The third-order valence-electron chi connectivity index (χ3n) is 3.04. The van der Waals surface area contributed by atoms with E-state index in [1.807, 2.05) is 0 Å². The maximum atomic E-state index is 12.2. The van der Waals surface area contributed by atoms with Crippen molar-refractivity contribution in [2.45, 2.75) is 39.0 Å². The zero-order valence-electron chi connectivity index (χ0n) is 11.8. The number of ether oxygens (including phenoxy) is 2. The molecule has 106 valence electrons. The number of halogens is 1. The van der Waals surface area contributed by atoms with Gasteiger partial charge in [0.2, 0.25) is 0 Å². The molecule has 19 heavy (non-hydrogen) atoms. The van der Waals surface area contributed by atoms with Crippen LogP contribution in [0, 0.1) is 0 Å². The van der Waals surface area contributed by atoms with Crippen LogP contribution >= 0.6 is 15.9 Å². The summed E-state index contributed by atoms with van der Waals surface area (Å²) in [6, 6.07) is 3.55. The van der Waals surface area contributed by atoms with Gasteiger partial charge in [0.25, 0.3) is 0 Å². The standard InChI is InChI=1S/C15H21BrO3/c1-4-5-6-7-8-12(17)11-9-10-13(18-2)14(16)15(11)19-3/h9-10H,4-8H2,1-3H3. The fourth-order valence-corrected chi connectivity index (χ4v) is 2.63. The van der Waals surface area contributed by atoms with Gasteiger partial charge in [-0.05, 0) is 34.5 Å². The number of Topliss-reactive ketones (excluding diaryl/α,β-unsaturated/α-hetero) is 1. The first-order valence-corrected chi connectivity index (χ1v) is 7.38. The van der Waals surface area contributed by atoms with Crippen LogP contribution in [0.25, 0.3) is 0 Å². The van der Waals surface area contributed by atoms with Crippen molar-refractivity contribution in [3.05, 3.63) is 22.2 Å². The molecule has 1 aromatic carbocycles. The fraction of sp³-hybridized carbons (Fsp3) is 0.533. The Hall–Kier alpha value is -1.03. The molecule has 0 spiro atoms. The molecule has 0 amide bonds. The summed E-state index contributed by atoms with van der Waals surface area (Å²) in [5.74, 6) is 1.34. The molecule has 4 heteroatoms. The monoisotopic (exact) mass is 328 g/mol. The van der Waals surface area contributed by atoms with Crippen LogP contribution in [-0.2, 0) is 0 Å². The van der Waals surface area contributed by atoms with Crippen LogP contribution in [0.3, 0.4) is 0 Å². The number of methoxy groups -OCH3 is 2. The van der Waals surface area contributed by atoms with Gasteiger partial charge in [0.05, 0.1) is 19.8 Å². The van der Waals surface area contributed by atoms with E-state index < -0.39 is 0 Å². The molecule has 0 saturated heterocycles. The molecule has 1 rings (SSSR count). The molecule has 0 unspecified atom stereocenters. The number of hydrogen-bond acceptors (Lipinski definition) is 3. The zero-order valence-corrected chi connectivity index (χ0v) is 13.4. The highest BCUT2D eigenvalue weighted by Crippen LogP contribution is 2.37. The van der Waals surface area contributed by atoms with Crippen molar-refractivity contribution < 1.29 is 14.3 Å². The van der Waals surface area contributed by atoms with E-state index in [9.17, 15) is 4.79 Å². The van der Waals surface area contributed by atoms with Crippen LogP contribution in [0.5, 0.6) is 11.5 Å². The first-order chi connectivity index (χ1) is 9.15. The second-order valence-electron chi connectivity index (χ2n) is 4.40. The summed E-state index contributed by atoms with van der Waals surface area (Å²) in [4.78, 5) is 12.2. The summed E-state index contributed by atoms with van der Waals surface area (Å²) in [6.07, 6.45) is 4.94. The lowest BCUT2D eigenvalue weighted by Crippen LogP contribution is -2.03. The van der Waals surface area contributed by atoms with E-state index in [1.54, 1.807) is 26.4 Å². The number of hydrogen-bond donors (Lipinski definition) is 0. The SMILES string of the molecule is CCCCCCC(=O)c1ccc(OC)c(Br)c1OC. The smallest absolute Gasteiger partial charge is 0.166 e. The lowest BCUT2D eigenvalue weighted by atomic mass is 10.0. The second-order valence-corrected chi connectivity index (χ2v) is 5.19. The summed E-state index contributed by atoms with van der Waals surface area (Å²) in [7, 11) is 3.15. The Bertz CT molecular complexity index is 430. The highest BCUT2D eigenvalue weighted by molar-refractivity contribution is 9.10. The summed E-state index contributed by atoms with van der Waals surface area (Å²) in [5.41, 5.74) is 0.617. The molecule has 0 N–H and O–H groups in total. The minimum absolute atomic E-state index is 0.122. The average Bonchev–Trinajstić information content (AvgIpc) is 2.43. The molecule has 0 atom stereocenters. The van der Waals surface area contributed by atoms with Gasteiger partial charge in [0, 0.05) is 6.42 Å². The van der Waals surface area contributed by atoms with E-state index in [4.69, 9.17) is 9.47 Å². The Labute approximate surface area is 123 Å². The van der Waals surface area contributed by atoms with Crippen molar-refractivity contribution in [2.75, 3.05) is 14.2 Å². The van der Waals surface area contributed by atoms with Crippen LogP contribution in [0.4, 0.5) is 0 Å². The topological polar surface area (TPSA) is 35.5 Å².